The van der Waals surface area contributed by atoms with Crippen molar-refractivity contribution in [3.05, 3.63) is 71.2 Å². The summed E-state index contributed by atoms with van der Waals surface area (Å²) in [6.07, 6.45) is 2.80. The van der Waals surface area contributed by atoms with Gasteiger partial charge in [0.25, 0.3) is 5.91 Å². The van der Waals surface area contributed by atoms with Gasteiger partial charge in [0.05, 0.1) is 6.54 Å². The van der Waals surface area contributed by atoms with Crippen molar-refractivity contribution in [2.24, 2.45) is 5.73 Å². The largest absolute Gasteiger partial charge is 0.491 e. The van der Waals surface area contributed by atoms with E-state index in [1.165, 1.54) is 6.07 Å². The van der Waals surface area contributed by atoms with Gasteiger partial charge in [0.15, 0.2) is 9.84 Å². The number of sulfone groups is 1. The topological polar surface area (TPSA) is 123 Å². The molecule has 0 radical (unpaired) electrons. The van der Waals surface area contributed by atoms with Crippen LogP contribution >= 0.6 is 0 Å². The number of anilines is 1. The Balaban J connectivity index is 1.61. The lowest BCUT2D eigenvalue weighted by Gasteiger charge is -2.23. The zero-order valence-corrected chi connectivity index (χ0v) is 23.1. The number of fused-ring (bicyclic) bond motifs is 1. The number of amides is 2. The summed E-state index contributed by atoms with van der Waals surface area (Å²) in [6, 6.07) is 11.4. The van der Waals surface area contributed by atoms with Gasteiger partial charge in [-0.2, -0.15) is 0 Å². The van der Waals surface area contributed by atoms with Crippen LogP contribution in [0.3, 0.4) is 0 Å². The number of rotatable bonds is 7. The molecular weight excluding hydrogens is 523 g/mol. The highest BCUT2D eigenvalue weighted by molar-refractivity contribution is 7.90. The SMILES string of the molecule is CCc1c(C(=O)N2CCOc3ccc(-c4ccc(N(C)[C@@H](C)C(N)=O)nc4)cc3C2)ccc(S(C)(=O)=O)c1F. The van der Waals surface area contributed by atoms with E-state index in [0.29, 0.717) is 11.6 Å². The molecule has 206 valence electrons. The molecule has 0 bridgehead atoms. The zero-order chi connectivity index (χ0) is 28.5. The van der Waals surface area contributed by atoms with E-state index in [-0.39, 0.29) is 37.2 Å². The molecule has 0 saturated heterocycles. The summed E-state index contributed by atoms with van der Waals surface area (Å²) in [5.41, 5.74) is 8.06. The number of nitrogens with two attached hydrogens (primary N) is 1. The molecule has 1 aromatic heterocycles. The molecule has 4 rings (SSSR count). The molecule has 2 N–H and O–H groups in total. The number of halogens is 1. The molecule has 1 atom stereocenters. The molecular formula is C28H31FN4O5S. The maximum Gasteiger partial charge on any atom is 0.254 e. The third-order valence-corrected chi connectivity index (χ3v) is 8.07. The third kappa shape index (κ3) is 5.73. The average molecular weight is 555 g/mol. The summed E-state index contributed by atoms with van der Waals surface area (Å²) < 4.78 is 44.9. The molecule has 39 heavy (non-hydrogen) atoms. The fourth-order valence-electron chi connectivity index (χ4n) is 4.50. The molecule has 1 aliphatic heterocycles. The standard InChI is InChI=1S/C28H31FN4O5S/c1-5-21-22(8-10-24(26(21)29)39(4,36)37)28(35)33-12-13-38-23-9-6-18(14-20(23)16-33)19-7-11-25(31-15-19)32(3)17(2)27(30)34/h6-11,14-15,17H,5,12-13,16H2,1-4H3,(H2,30,34)/t17-/m0/s1. The Kier molecular flexibility index (Phi) is 7.91. The molecule has 3 aromatic rings. The van der Waals surface area contributed by atoms with Gasteiger partial charge in [-0.25, -0.2) is 17.8 Å². The van der Waals surface area contributed by atoms with Crippen LogP contribution in [-0.4, -0.2) is 62.6 Å². The average Bonchev–Trinajstić information content (AvgIpc) is 3.13. The number of carbonyl (C=O) groups excluding carboxylic acids is 2. The van der Waals surface area contributed by atoms with Crippen molar-refractivity contribution in [1.82, 2.24) is 9.88 Å². The van der Waals surface area contributed by atoms with Crippen molar-refractivity contribution >= 4 is 27.5 Å². The second kappa shape index (κ2) is 11.0. The third-order valence-electron chi connectivity index (χ3n) is 6.95. The number of hydrogen-bond acceptors (Lipinski definition) is 7. The minimum absolute atomic E-state index is 0.0730. The summed E-state index contributed by atoms with van der Waals surface area (Å²) in [7, 11) is -2.03. The summed E-state index contributed by atoms with van der Waals surface area (Å²) in [5.74, 6) is -0.492. The summed E-state index contributed by atoms with van der Waals surface area (Å²) >= 11 is 0. The first-order valence-electron chi connectivity index (χ1n) is 12.5. The van der Waals surface area contributed by atoms with Crippen molar-refractivity contribution in [2.45, 2.75) is 37.8 Å². The molecule has 0 aliphatic carbocycles. The van der Waals surface area contributed by atoms with Crippen LogP contribution < -0.4 is 15.4 Å². The molecule has 0 saturated carbocycles. The molecule has 2 amide bonds. The van der Waals surface area contributed by atoms with Crippen LogP contribution in [-0.2, 0) is 27.6 Å². The summed E-state index contributed by atoms with van der Waals surface area (Å²) in [5, 5.41) is 0. The first-order chi connectivity index (χ1) is 18.4. The predicted octanol–water partition coefficient (Wildman–Crippen LogP) is 3.20. The number of primary amides is 1. The van der Waals surface area contributed by atoms with Crippen LogP contribution in [0.25, 0.3) is 11.1 Å². The number of nitrogens with zero attached hydrogens (tertiary/aromatic N) is 3. The van der Waals surface area contributed by atoms with E-state index in [9.17, 15) is 18.0 Å². The molecule has 1 aliphatic rings. The van der Waals surface area contributed by atoms with Crippen molar-refractivity contribution < 1.29 is 27.1 Å². The van der Waals surface area contributed by atoms with E-state index in [0.717, 1.165) is 29.0 Å². The fraction of sp³-hybridized carbons (Fsp3) is 0.321. The Bertz CT molecular complexity index is 1530. The summed E-state index contributed by atoms with van der Waals surface area (Å²) in [6.45, 7) is 4.15. The smallest absolute Gasteiger partial charge is 0.254 e. The predicted molar refractivity (Wildman–Crippen MR) is 146 cm³/mol. The highest BCUT2D eigenvalue weighted by atomic mass is 32.2. The van der Waals surface area contributed by atoms with E-state index >= 15 is 4.39 Å². The molecule has 11 heteroatoms. The highest BCUT2D eigenvalue weighted by Gasteiger charge is 2.27. The van der Waals surface area contributed by atoms with Crippen LogP contribution in [0.15, 0.2) is 53.6 Å². The van der Waals surface area contributed by atoms with Crippen molar-refractivity contribution in [3.63, 3.8) is 0 Å². The van der Waals surface area contributed by atoms with Gasteiger partial charge >= 0.3 is 0 Å². The lowest BCUT2D eigenvalue weighted by atomic mass is 10.0. The Morgan fingerprint density at radius 2 is 1.90 bits per heavy atom. The number of likely N-dealkylation sites (N-methyl/N-ethyl adjacent to an activating group) is 1. The van der Waals surface area contributed by atoms with Crippen LogP contribution in [0.1, 0.15) is 35.3 Å². The quantitative estimate of drug-likeness (QED) is 0.476. The second-order valence-corrected chi connectivity index (χ2v) is 11.5. The number of benzene rings is 2. The van der Waals surface area contributed by atoms with Gasteiger partial charge in [-0.1, -0.05) is 13.0 Å². The van der Waals surface area contributed by atoms with Gasteiger partial charge in [0.1, 0.15) is 34.9 Å². The number of hydrogen-bond donors (Lipinski definition) is 1. The van der Waals surface area contributed by atoms with E-state index in [1.54, 1.807) is 43.0 Å². The van der Waals surface area contributed by atoms with Gasteiger partial charge < -0.3 is 20.3 Å². The fourth-order valence-corrected chi connectivity index (χ4v) is 5.27. The van der Waals surface area contributed by atoms with E-state index in [1.807, 2.05) is 24.3 Å². The Labute approximate surface area is 227 Å². The molecule has 0 unspecified atom stereocenters. The highest BCUT2D eigenvalue weighted by Crippen LogP contribution is 2.31. The number of carbonyl (C=O) groups is 2. The zero-order valence-electron chi connectivity index (χ0n) is 22.3. The Hall–Kier alpha value is -3.99. The normalized spacial score (nSPS) is 14.1. The van der Waals surface area contributed by atoms with Crippen molar-refractivity contribution in [3.8, 4) is 16.9 Å². The molecule has 2 heterocycles. The Morgan fingerprint density at radius 3 is 2.51 bits per heavy atom. The minimum atomic E-state index is -3.77. The maximum atomic E-state index is 15.1. The minimum Gasteiger partial charge on any atom is -0.491 e. The second-order valence-electron chi connectivity index (χ2n) is 9.52. The molecule has 9 nitrogen and oxygen atoms in total. The van der Waals surface area contributed by atoms with Gasteiger partial charge in [0, 0.05) is 48.3 Å². The summed E-state index contributed by atoms with van der Waals surface area (Å²) in [4.78, 5) is 32.3. The van der Waals surface area contributed by atoms with Gasteiger partial charge in [-0.05, 0) is 55.3 Å². The van der Waals surface area contributed by atoms with Crippen LogP contribution in [0.2, 0.25) is 0 Å². The molecule has 2 aromatic carbocycles. The lowest BCUT2D eigenvalue weighted by molar-refractivity contribution is -0.118. The van der Waals surface area contributed by atoms with Crippen molar-refractivity contribution in [2.75, 3.05) is 31.4 Å². The Morgan fingerprint density at radius 1 is 1.18 bits per heavy atom. The van der Waals surface area contributed by atoms with Gasteiger partial charge in [-0.15, -0.1) is 0 Å². The van der Waals surface area contributed by atoms with Gasteiger partial charge in [-0.3, -0.25) is 9.59 Å². The first-order valence-corrected chi connectivity index (χ1v) is 14.4. The van der Waals surface area contributed by atoms with Crippen molar-refractivity contribution in [1.29, 1.82) is 0 Å². The monoisotopic (exact) mass is 554 g/mol. The van der Waals surface area contributed by atoms with Gasteiger partial charge in [0.2, 0.25) is 5.91 Å². The lowest BCUT2D eigenvalue weighted by Crippen LogP contribution is -2.40. The van der Waals surface area contributed by atoms with E-state index < -0.39 is 38.4 Å². The molecule has 0 fully saturated rings. The van der Waals surface area contributed by atoms with Crippen LogP contribution in [0, 0.1) is 5.82 Å². The number of ether oxygens (including phenoxy) is 1. The van der Waals surface area contributed by atoms with Crippen LogP contribution in [0.5, 0.6) is 5.75 Å². The van der Waals surface area contributed by atoms with E-state index in [2.05, 4.69) is 4.98 Å². The van der Waals surface area contributed by atoms with Crippen LogP contribution in [0.4, 0.5) is 10.2 Å². The molecule has 0 spiro atoms. The van der Waals surface area contributed by atoms with E-state index in [4.69, 9.17) is 10.5 Å². The number of aromatic nitrogens is 1. The first kappa shape index (κ1) is 28.0. The maximum absolute atomic E-state index is 15.1. The number of pyridine rings is 1.